The monoisotopic (exact) mass is 513 g/mol. The average Bonchev–Trinajstić information content (AvgIpc) is 3.17. The Hall–Kier alpha value is -2.60. The quantitative estimate of drug-likeness (QED) is 0.585. The molecule has 4 rings (SSSR count). The van der Waals surface area contributed by atoms with E-state index in [1.54, 1.807) is 23.0 Å². The minimum atomic E-state index is -4.13. The second-order valence-electron chi connectivity index (χ2n) is 9.62. The van der Waals surface area contributed by atoms with Gasteiger partial charge in [-0.2, -0.15) is 18.3 Å². The molecule has 2 heterocycles. The standard InChI is InChI=1S/C23H30F3N5O3S/c1-3-22(10-8-17(9-11-22)30-12-15(13-30)23(24,25)26)31-14-19(20(27)32)21(29-31)28-16-4-6-18(7-5-16)35(2,33)34/h4-7,14-15,17H,3,8-13H2,1-2H3,(H2,27,32)(H,28,29)/t17-,22+. The second-order valence-corrected chi connectivity index (χ2v) is 11.6. The number of carbonyl (C=O) groups excluding carboxylic acids is 1. The number of aromatic nitrogens is 2. The molecule has 3 N–H and O–H groups in total. The summed E-state index contributed by atoms with van der Waals surface area (Å²) in [7, 11) is -3.34. The average molecular weight is 514 g/mol. The SMILES string of the molecule is CC[C@]1(n2cc(C(N)=O)c(Nc3ccc(S(C)(=O)=O)cc3)n2)CC[C@@H](N2CC(C(F)(F)F)C2)CC1. The summed E-state index contributed by atoms with van der Waals surface area (Å²) in [4.78, 5) is 14.2. The Morgan fingerprint density at radius 2 is 1.80 bits per heavy atom. The van der Waals surface area contributed by atoms with Gasteiger partial charge in [-0.25, -0.2) is 8.42 Å². The van der Waals surface area contributed by atoms with Gasteiger partial charge in [0.1, 0.15) is 5.56 Å². The Kier molecular flexibility index (Phi) is 6.64. The number of nitrogens with zero attached hydrogens (tertiary/aromatic N) is 3. The second kappa shape index (κ2) is 9.12. The van der Waals surface area contributed by atoms with Crippen LogP contribution in [-0.4, -0.2) is 60.6 Å². The van der Waals surface area contributed by atoms with E-state index in [9.17, 15) is 26.4 Å². The van der Waals surface area contributed by atoms with E-state index in [-0.39, 0.29) is 40.9 Å². The van der Waals surface area contributed by atoms with Crippen LogP contribution in [0.5, 0.6) is 0 Å². The van der Waals surface area contributed by atoms with Gasteiger partial charge in [0.2, 0.25) is 0 Å². The van der Waals surface area contributed by atoms with Crippen molar-refractivity contribution in [3.8, 4) is 0 Å². The van der Waals surface area contributed by atoms with Gasteiger partial charge in [0, 0.05) is 37.3 Å². The number of rotatable bonds is 7. The summed E-state index contributed by atoms with van der Waals surface area (Å²) in [5, 5.41) is 7.69. The predicted molar refractivity (Wildman–Crippen MR) is 125 cm³/mol. The number of primary amides is 1. The van der Waals surface area contributed by atoms with Crippen LogP contribution in [0.15, 0.2) is 35.4 Å². The first-order chi connectivity index (χ1) is 16.3. The van der Waals surface area contributed by atoms with Crippen molar-refractivity contribution in [2.75, 3.05) is 24.7 Å². The van der Waals surface area contributed by atoms with Crippen molar-refractivity contribution in [2.24, 2.45) is 11.7 Å². The van der Waals surface area contributed by atoms with Gasteiger partial charge in [0.05, 0.1) is 16.4 Å². The Morgan fingerprint density at radius 1 is 1.20 bits per heavy atom. The molecule has 2 fully saturated rings. The lowest BCUT2D eigenvalue weighted by atomic mass is 9.76. The van der Waals surface area contributed by atoms with E-state index >= 15 is 0 Å². The fraction of sp³-hybridized carbons (Fsp3) is 0.565. The molecular formula is C23H30F3N5O3S. The summed E-state index contributed by atoms with van der Waals surface area (Å²) in [6.45, 7) is 2.16. The van der Waals surface area contributed by atoms with Crippen molar-refractivity contribution >= 4 is 27.2 Å². The lowest BCUT2D eigenvalue weighted by Crippen LogP contribution is -2.58. The van der Waals surface area contributed by atoms with E-state index in [1.807, 2.05) is 11.8 Å². The van der Waals surface area contributed by atoms with Crippen LogP contribution in [0.3, 0.4) is 0 Å². The number of nitrogens with one attached hydrogen (secondary N) is 1. The van der Waals surface area contributed by atoms with Gasteiger partial charge in [0.25, 0.3) is 5.91 Å². The largest absolute Gasteiger partial charge is 0.394 e. The minimum Gasteiger partial charge on any atom is -0.365 e. The molecule has 1 aromatic carbocycles. The van der Waals surface area contributed by atoms with E-state index < -0.39 is 27.8 Å². The first-order valence-corrected chi connectivity index (χ1v) is 13.5. The number of sulfone groups is 1. The molecule has 0 spiro atoms. The van der Waals surface area contributed by atoms with Gasteiger partial charge in [-0.05, 0) is 56.4 Å². The molecule has 8 nitrogen and oxygen atoms in total. The maximum absolute atomic E-state index is 12.9. The maximum atomic E-state index is 12.9. The Labute approximate surface area is 202 Å². The zero-order valence-electron chi connectivity index (χ0n) is 19.7. The molecule has 0 bridgehead atoms. The Balaban J connectivity index is 1.49. The molecule has 35 heavy (non-hydrogen) atoms. The first-order valence-electron chi connectivity index (χ1n) is 11.6. The van der Waals surface area contributed by atoms with Gasteiger partial charge in [-0.3, -0.25) is 14.4 Å². The Bertz CT molecular complexity index is 1180. The number of alkyl halides is 3. The van der Waals surface area contributed by atoms with Crippen molar-refractivity contribution in [1.82, 2.24) is 14.7 Å². The fourth-order valence-electron chi connectivity index (χ4n) is 5.08. The molecular weight excluding hydrogens is 483 g/mol. The highest BCUT2D eigenvalue weighted by Crippen LogP contribution is 2.43. The van der Waals surface area contributed by atoms with Gasteiger partial charge in [0.15, 0.2) is 15.7 Å². The van der Waals surface area contributed by atoms with Crippen molar-refractivity contribution in [2.45, 2.75) is 61.7 Å². The van der Waals surface area contributed by atoms with Gasteiger partial charge < -0.3 is 11.1 Å². The van der Waals surface area contributed by atoms with Crippen molar-refractivity contribution in [3.63, 3.8) is 0 Å². The summed E-state index contributed by atoms with van der Waals surface area (Å²) in [5.74, 6) is -1.61. The molecule has 2 aliphatic rings. The van der Waals surface area contributed by atoms with Crippen LogP contribution >= 0.6 is 0 Å². The van der Waals surface area contributed by atoms with E-state index in [4.69, 9.17) is 5.73 Å². The lowest BCUT2D eigenvalue weighted by molar-refractivity contribution is -0.215. The lowest BCUT2D eigenvalue weighted by Gasteiger charge is -2.49. The van der Waals surface area contributed by atoms with Crippen LogP contribution in [0.2, 0.25) is 0 Å². The van der Waals surface area contributed by atoms with Crippen LogP contribution in [0.25, 0.3) is 0 Å². The molecule has 0 unspecified atom stereocenters. The van der Waals surface area contributed by atoms with E-state index in [2.05, 4.69) is 10.4 Å². The minimum absolute atomic E-state index is 0.0626. The molecule has 1 aliphatic carbocycles. The van der Waals surface area contributed by atoms with Crippen LogP contribution in [0, 0.1) is 5.92 Å². The highest BCUT2D eigenvalue weighted by Gasteiger charge is 2.50. The van der Waals surface area contributed by atoms with Gasteiger partial charge >= 0.3 is 6.18 Å². The number of hydrogen-bond acceptors (Lipinski definition) is 6. The third-order valence-corrected chi connectivity index (χ3v) is 8.57. The summed E-state index contributed by atoms with van der Waals surface area (Å²) in [5.41, 5.74) is 6.00. The summed E-state index contributed by atoms with van der Waals surface area (Å²) >= 11 is 0. The van der Waals surface area contributed by atoms with E-state index in [1.165, 1.54) is 12.1 Å². The van der Waals surface area contributed by atoms with Crippen LogP contribution in [0.4, 0.5) is 24.7 Å². The summed E-state index contributed by atoms with van der Waals surface area (Å²) < 4.78 is 63.7. The molecule has 0 atom stereocenters. The highest BCUT2D eigenvalue weighted by atomic mass is 32.2. The fourth-order valence-corrected chi connectivity index (χ4v) is 5.71. The third-order valence-electron chi connectivity index (χ3n) is 7.44. The number of benzene rings is 1. The molecule has 1 saturated carbocycles. The number of amides is 1. The summed E-state index contributed by atoms with van der Waals surface area (Å²) in [6, 6.07) is 6.22. The van der Waals surface area contributed by atoms with Crippen molar-refractivity contribution in [3.05, 3.63) is 36.0 Å². The normalized spacial score (nSPS) is 24.2. The Morgan fingerprint density at radius 3 is 2.29 bits per heavy atom. The van der Waals surface area contributed by atoms with Crippen molar-refractivity contribution < 1.29 is 26.4 Å². The zero-order valence-corrected chi connectivity index (χ0v) is 20.5. The van der Waals surface area contributed by atoms with E-state index in [0.717, 1.165) is 38.4 Å². The molecule has 0 radical (unpaired) electrons. The number of likely N-dealkylation sites (tertiary alicyclic amines) is 1. The highest BCUT2D eigenvalue weighted by molar-refractivity contribution is 7.90. The van der Waals surface area contributed by atoms with Gasteiger partial charge in [-0.1, -0.05) is 6.92 Å². The predicted octanol–water partition coefficient (Wildman–Crippen LogP) is 3.67. The maximum Gasteiger partial charge on any atom is 0.394 e. The molecule has 1 aliphatic heterocycles. The number of nitrogens with two attached hydrogens (primary N) is 1. The molecule has 1 aromatic heterocycles. The zero-order chi connectivity index (χ0) is 25.6. The first kappa shape index (κ1) is 25.5. The molecule has 12 heteroatoms. The third kappa shape index (κ3) is 5.18. The van der Waals surface area contributed by atoms with E-state index in [0.29, 0.717) is 5.69 Å². The van der Waals surface area contributed by atoms with Crippen LogP contribution in [0.1, 0.15) is 49.4 Å². The smallest absolute Gasteiger partial charge is 0.365 e. The topological polar surface area (TPSA) is 110 Å². The molecule has 2 aromatic rings. The molecule has 1 saturated heterocycles. The number of hydrogen-bond donors (Lipinski definition) is 2. The number of anilines is 2. The number of halogens is 3. The molecule has 192 valence electrons. The van der Waals surface area contributed by atoms with Crippen LogP contribution < -0.4 is 11.1 Å². The van der Waals surface area contributed by atoms with Crippen molar-refractivity contribution in [1.29, 1.82) is 0 Å². The van der Waals surface area contributed by atoms with Gasteiger partial charge in [-0.15, -0.1) is 0 Å². The van der Waals surface area contributed by atoms with Crippen LogP contribution in [-0.2, 0) is 15.4 Å². The number of carbonyl (C=O) groups is 1. The summed E-state index contributed by atoms with van der Waals surface area (Å²) in [6.07, 6.45) is 2.31. The molecule has 1 amide bonds.